The van der Waals surface area contributed by atoms with Gasteiger partial charge in [0.05, 0.1) is 12.4 Å². The number of rotatable bonds is 26. The summed E-state index contributed by atoms with van der Waals surface area (Å²) in [5.41, 5.74) is 17.9. The Balaban J connectivity index is 1.88. The van der Waals surface area contributed by atoms with Crippen LogP contribution < -0.4 is 43.8 Å². The molecule has 354 valence electrons. The number of aromatic hydroxyl groups is 1. The van der Waals surface area contributed by atoms with Crippen LogP contribution >= 0.6 is 0 Å². The average Bonchev–Trinajstić information content (AvgIpc) is 3.97. The van der Waals surface area contributed by atoms with E-state index in [1.807, 2.05) is 6.92 Å². The number of carboxylic acid groups (broad SMARTS) is 1. The number of benzene rings is 1. The van der Waals surface area contributed by atoms with Crippen LogP contribution in [0.4, 0.5) is 0 Å². The summed E-state index contributed by atoms with van der Waals surface area (Å²) in [5, 5.41) is 33.1. The molecule has 22 nitrogen and oxygen atoms in total. The van der Waals surface area contributed by atoms with Gasteiger partial charge in [-0.3, -0.25) is 33.8 Å². The van der Waals surface area contributed by atoms with Gasteiger partial charge in [0.2, 0.25) is 35.4 Å². The molecule has 0 saturated carbocycles. The number of aliphatic imine (C=N–C) groups is 1. The lowest BCUT2D eigenvalue weighted by molar-refractivity contribution is -0.145. The van der Waals surface area contributed by atoms with E-state index in [1.165, 1.54) is 36.7 Å². The minimum Gasteiger partial charge on any atom is -0.508 e. The standard InChI is InChI=1S/C42H66N12O10/c1-6-24(4)34(39(60)51-31(20-26-21-46-22-48-26)40(61)54-17-8-10-32(54)37(58)49-29(41(62)63)15-18-64-5)53-36(57)30(19-25-11-13-27(55)14-12-25)50-38(59)33(23(2)3)52-35(56)28(43)9-7-16-47-42(44)45/h11-14,21-24,28-34,55H,6-10,15-20,43H2,1-5H3,(H,46,48)(H,49,58)(H,50,59)(H,51,60)(H,52,56)(H,53,57)(H,62,63)(H4,44,45,47)/t24-,28-,29-,30-,31-,32-,33-,34-/m0/s1. The Morgan fingerprint density at radius 2 is 1.55 bits per heavy atom. The van der Waals surface area contributed by atoms with Crippen molar-refractivity contribution in [2.75, 3.05) is 26.8 Å². The van der Waals surface area contributed by atoms with Crippen molar-refractivity contribution in [3.63, 3.8) is 0 Å². The Morgan fingerprint density at radius 3 is 2.14 bits per heavy atom. The largest absolute Gasteiger partial charge is 0.508 e. The molecule has 8 atom stereocenters. The molecule has 0 unspecified atom stereocenters. The zero-order valence-electron chi connectivity index (χ0n) is 37.2. The van der Waals surface area contributed by atoms with E-state index in [-0.39, 0.29) is 63.5 Å². The molecule has 22 heteroatoms. The third-order valence-corrected chi connectivity index (χ3v) is 11.0. The first-order valence-electron chi connectivity index (χ1n) is 21.5. The van der Waals surface area contributed by atoms with E-state index in [9.17, 15) is 43.8 Å². The minimum atomic E-state index is -1.30. The van der Waals surface area contributed by atoms with Crippen LogP contribution in [0, 0.1) is 11.8 Å². The number of carboxylic acids is 1. The SMILES string of the molecule is CC[C@H](C)[C@H](NC(=O)[C@H](Cc1ccc(O)cc1)NC(=O)[C@@H](NC(=O)[C@@H](N)CCCN=C(N)N)C(C)C)C(=O)N[C@@H](Cc1cnc[nH]1)C(=O)N1CCC[C@H]1C(=O)N[C@@H](CCOC)C(=O)O. The number of aromatic nitrogens is 2. The summed E-state index contributed by atoms with van der Waals surface area (Å²) in [5.74, 6) is -6.35. The number of imidazole rings is 1. The molecule has 1 aliphatic heterocycles. The van der Waals surface area contributed by atoms with E-state index in [1.54, 1.807) is 32.9 Å². The number of carbonyl (C=O) groups excluding carboxylic acids is 6. The summed E-state index contributed by atoms with van der Waals surface area (Å²) in [6.07, 6.45) is 4.49. The maximum atomic E-state index is 14.4. The van der Waals surface area contributed by atoms with Gasteiger partial charge in [0.15, 0.2) is 5.96 Å². The molecule has 14 N–H and O–H groups in total. The summed E-state index contributed by atoms with van der Waals surface area (Å²) in [6, 6.07) is -2.17. The number of nitrogens with one attached hydrogen (secondary N) is 6. The molecule has 1 aromatic carbocycles. The van der Waals surface area contributed by atoms with Crippen molar-refractivity contribution in [2.45, 2.75) is 121 Å². The number of phenolic OH excluding ortho intramolecular Hbond substituents is 1. The molecular formula is C42H66N12O10. The first-order chi connectivity index (χ1) is 30.4. The average molecular weight is 899 g/mol. The molecule has 1 aliphatic rings. The topological polar surface area (TPSA) is 352 Å². The van der Waals surface area contributed by atoms with Gasteiger partial charge >= 0.3 is 5.97 Å². The molecule has 0 bridgehead atoms. The maximum absolute atomic E-state index is 14.4. The zero-order chi connectivity index (χ0) is 47.5. The Bertz CT molecular complexity index is 1890. The predicted octanol–water partition coefficient (Wildman–Crippen LogP) is -1.48. The quantitative estimate of drug-likeness (QED) is 0.0292. The fourth-order valence-electron chi connectivity index (χ4n) is 7.08. The highest BCUT2D eigenvalue weighted by Crippen LogP contribution is 2.21. The zero-order valence-corrected chi connectivity index (χ0v) is 37.2. The van der Waals surface area contributed by atoms with Gasteiger partial charge in [-0.15, -0.1) is 0 Å². The normalized spacial score (nSPS) is 16.9. The lowest BCUT2D eigenvalue weighted by Gasteiger charge is -2.32. The van der Waals surface area contributed by atoms with E-state index in [0.717, 1.165) is 0 Å². The summed E-state index contributed by atoms with van der Waals surface area (Å²) in [7, 11) is 1.41. The van der Waals surface area contributed by atoms with E-state index in [4.69, 9.17) is 21.9 Å². The fraction of sp³-hybridized carbons (Fsp3) is 0.595. The number of amides is 6. The summed E-state index contributed by atoms with van der Waals surface area (Å²) < 4.78 is 4.98. The molecule has 0 radical (unpaired) electrons. The number of H-pyrrole nitrogens is 1. The minimum absolute atomic E-state index is 0.00612. The third kappa shape index (κ3) is 16.1. The number of phenols is 1. The van der Waals surface area contributed by atoms with Crippen LogP contribution in [-0.2, 0) is 51.1 Å². The molecular weight excluding hydrogens is 833 g/mol. The van der Waals surface area contributed by atoms with Crippen LogP contribution in [0.1, 0.15) is 77.5 Å². The van der Waals surface area contributed by atoms with E-state index in [2.05, 4.69) is 41.5 Å². The molecule has 1 fully saturated rings. The van der Waals surface area contributed by atoms with Crippen molar-refractivity contribution in [2.24, 2.45) is 34.0 Å². The molecule has 3 rings (SSSR count). The van der Waals surface area contributed by atoms with Gasteiger partial charge in [-0.1, -0.05) is 46.2 Å². The van der Waals surface area contributed by atoms with Gasteiger partial charge in [0.1, 0.15) is 42.0 Å². The number of nitrogens with zero attached hydrogens (tertiary/aromatic N) is 3. The highest BCUT2D eigenvalue weighted by Gasteiger charge is 2.41. The van der Waals surface area contributed by atoms with Gasteiger partial charge in [-0.05, 0) is 55.2 Å². The molecule has 0 spiro atoms. The lowest BCUT2D eigenvalue weighted by Crippen LogP contribution is -2.61. The number of guanidine groups is 1. The van der Waals surface area contributed by atoms with Crippen molar-refractivity contribution in [3.8, 4) is 5.75 Å². The van der Waals surface area contributed by atoms with Crippen molar-refractivity contribution in [3.05, 3.63) is 48.0 Å². The van der Waals surface area contributed by atoms with Gasteiger partial charge in [-0.2, -0.15) is 0 Å². The molecule has 64 heavy (non-hydrogen) atoms. The fourth-order valence-corrected chi connectivity index (χ4v) is 7.08. The maximum Gasteiger partial charge on any atom is 0.326 e. The Kier molecular flexibility index (Phi) is 20.9. The van der Waals surface area contributed by atoms with Crippen molar-refractivity contribution in [1.82, 2.24) is 41.5 Å². The van der Waals surface area contributed by atoms with Crippen molar-refractivity contribution >= 4 is 47.4 Å². The number of carbonyl (C=O) groups is 7. The van der Waals surface area contributed by atoms with E-state index in [0.29, 0.717) is 30.5 Å². The summed E-state index contributed by atoms with van der Waals surface area (Å²) >= 11 is 0. The van der Waals surface area contributed by atoms with Gasteiger partial charge in [0.25, 0.3) is 0 Å². The van der Waals surface area contributed by atoms with Crippen LogP contribution in [0.25, 0.3) is 0 Å². The van der Waals surface area contributed by atoms with Crippen LogP contribution in [0.15, 0.2) is 41.8 Å². The monoisotopic (exact) mass is 899 g/mol. The molecule has 2 aromatic rings. The Labute approximate surface area is 372 Å². The van der Waals surface area contributed by atoms with Crippen LogP contribution in [0.5, 0.6) is 5.75 Å². The number of hydrogen-bond donors (Lipinski definition) is 11. The molecule has 0 aliphatic carbocycles. The van der Waals surface area contributed by atoms with Crippen LogP contribution in [0.3, 0.4) is 0 Å². The number of ether oxygens (including phenoxy) is 1. The smallest absolute Gasteiger partial charge is 0.326 e. The number of aliphatic carboxylic acids is 1. The first-order valence-corrected chi connectivity index (χ1v) is 21.5. The van der Waals surface area contributed by atoms with Crippen molar-refractivity contribution in [1.29, 1.82) is 0 Å². The second-order valence-corrected chi connectivity index (χ2v) is 16.3. The van der Waals surface area contributed by atoms with Crippen molar-refractivity contribution < 1.29 is 48.5 Å². The Morgan fingerprint density at radius 1 is 0.891 bits per heavy atom. The predicted molar refractivity (Wildman–Crippen MR) is 235 cm³/mol. The summed E-state index contributed by atoms with van der Waals surface area (Å²) in [6.45, 7) is 7.46. The molecule has 2 heterocycles. The number of likely N-dealkylation sites (tertiary alicyclic amines) is 1. The highest BCUT2D eigenvalue weighted by atomic mass is 16.5. The van der Waals surface area contributed by atoms with Gasteiger partial charge < -0.3 is 68.6 Å². The molecule has 6 amide bonds. The molecule has 1 aromatic heterocycles. The second-order valence-electron chi connectivity index (χ2n) is 16.3. The van der Waals surface area contributed by atoms with Crippen LogP contribution in [-0.4, -0.2) is 142 Å². The number of aromatic amines is 1. The highest BCUT2D eigenvalue weighted by molar-refractivity contribution is 5.97. The third-order valence-electron chi connectivity index (χ3n) is 11.0. The Hall–Kier alpha value is -6.29. The molecule has 1 saturated heterocycles. The number of methoxy groups -OCH3 is 1. The van der Waals surface area contributed by atoms with Crippen LogP contribution in [0.2, 0.25) is 0 Å². The summed E-state index contributed by atoms with van der Waals surface area (Å²) in [4.78, 5) is 108. The number of hydrogen-bond acceptors (Lipinski definition) is 12. The van der Waals surface area contributed by atoms with E-state index >= 15 is 0 Å². The van der Waals surface area contributed by atoms with E-state index < -0.39 is 95.5 Å². The lowest BCUT2D eigenvalue weighted by atomic mass is 9.96. The first kappa shape index (κ1) is 52.1. The van der Waals surface area contributed by atoms with Gasteiger partial charge in [-0.25, -0.2) is 9.78 Å². The second kappa shape index (κ2) is 25.7. The number of nitrogens with two attached hydrogens (primary N) is 3. The van der Waals surface area contributed by atoms with Gasteiger partial charge in [0, 0.05) is 58.0 Å².